The van der Waals surface area contributed by atoms with Gasteiger partial charge < -0.3 is 15.0 Å². The molecule has 0 aliphatic carbocycles. The van der Waals surface area contributed by atoms with Crippen LogP contribution in [0, 0.1) is 0 Å². The molecule has 0 aromatic carbocycles. The Morgan fingerprint density at radius 3 is 2.88 bits per heavy atom. The summed E-state index contributed by atoms with van der Waals surface area (Å²) in [5.74, 6) is -0.281. The molecule has 25 heavy (non-hydrogen) atoms. The van der Waals surface area contributed by atoms with Gasteiger partial charge in [-0.15, -0.1) is 0 Å². The van der Waals surface area contributed by atoms with Crippen LogP contribution >= 0.6 is 23.6 Å². The third-order valence-corrected chi connectivity index (χ3v) is 4.90. The van der Waals surface area contributed by atoms with Gasteiger partial charge in [-0.3, -0.25) is 21.0 Å². The van der Waals surface area contributed by atoms with E-state index in [0.29, 0.717) is 36.4 Å². The highest BCUT2D eigenvalue weighted by atomic mass is 32.1. The lowest BCUT2D eigenvalue weighted by molar-refractivity contribution is -0.132. The summed E-state index contributed by atoms with van der Waals surface area (Å²) in [6.07, 6.45) is 0.167. The summed E-state index contributed by atoms with van der Waals surface area (Å²) in [6.45, 7) is 5.22. The van der Waals surface area contributed by atoms with Gasteiger partial charge in [-0.1, -0.05) is 11.3 Å². The number of nitrogens with zero attached hydrogens (tertiary/aromatic N) is 2. The predicted molar refractivity (Wildman–Crippen MR) is 99.3 cm³/mol. The smallest absolute Gasteiger partial charge is 0.320 e. The fraction of sp³-hybridized carbons (Fsp3) is 0.571. The van der Waals surface area contributed by atoms with E-state index >= 15 is 0 Å². The Bertz CT molecular complexity index is 651. The number of hydrazine groups is 1. The summed E-state index contributed by atoms with van der Waals surface area (Å²) < 4.78 is 5.22. The molecule has 2 heterocycles. The molecule has 0 spiro atoms. The van der Waals surface area contributed by atoms with Crippen molar-refractivity contribution in [2.75, 3.05) is 25.5 Å². The van der Waals surface area contributed by atoms with Crippen LogP contribution < -0.4 is 21.5 Å². The number of fused-ring (bicyclic) bond motifs is 1. The second-order valence-corrected chi connectivity index (χ2v) is 6.75. The summed E-state index contributed by atoms with van der Waals surface area (Å²) in [6, 6.07) is -0.300. The number of urea groups is 1. The van der Waals surface area contributed by atoms with E-state index in [1.807, 2.05) is 11.8 Å². The van der Waals surface area contributed by atoms with Crippen LogP contribution in [0.2, 0.25) is 0 Å². The molecular formula is C14H22N6O3S2. The summed E-state index contributed by atoms with van der Waals surface area (Å²) in [5.41, 5.74) is 6.27. The Hall–Kier alpha value is -1.98. The topological polar surface area (TPSA) is 108 Å². The van der Waals surface area contributed by atoms with Gasteiger partial charge in [0.1, 0.15) is 6.10 Å². The number of amides is 3. The molecule has 0 fully saturated rings. The lowest BCUT2D eigenvalue weighted by Crippen LogP contribution is -2.52. The largest absolute Gasteiger partial charge is 0.369 e. The highest BCUT2D eigenvalue weighted by molar-refractivity contribution is 7.80. The number of aromatic nitrogens is 1. The first-order chi connectivity index (χ1) is 11.9. The van der Waals surface area contributed by atoms with Crippen LogP contribution in [0.1, 0.15) is 24.4 Å². The second kappa shape index (κ2) is 8.92. The minimum absolute atomic E-state index is 0.281. The number of rotatable bonds is 4. The molecule has 0 saturated carbocycles. The molecular weight excluding hydrogens is 364 g/mol. The van der Waals surface area contributed by atoms with Gasteiger partial charge in [0, 0.05) is 31.5 Å². The number of carbonyl (C=O) groups excluding carboxylic acids is 2. The Labute approximate surface area is 155 Å². The van der Waals surface area contributed by atoms with Crippen LogP contribution in [0.15, 0.2) is 0 Å². The second-order valence-electron chi connectivity index (χ2n) is 5.28. The van der Waals surface area contributed by atoms with E-state index in [2.05, 4.69) is 26.5 Å². The minimum Gasteiger partial charge on any atom is -0.369 e. The number of ether oxygens (including phenoxy) is 1. The molecule has 0 radical (unpaired) electrons. The number of thiazole rings is 1. The quantitative estimate of drug-likeness (QED) is 0.443. The van der Waals surface area contributed by atoms with Gasteiger partial charge in [-0.05, 0) is 26.1 Å². The number of anilines is 1. The van der Waals surface area contributed by atoms with Crippen LogP contribution in [0.4, 0.5) is 9.93 Å². The van der Waals surface area contributed by atoms with Crippen LogP contribution in [0.3, 0.4) is 0 Å². The van der Waals surface area contributed by atoms with E-state index in [1.54, 1.807) is 14.0 Å². The van der Waals surface area contributed by atoms with E-state index < -0.39 is 6.10 Å². The van der Waals surface area contributed by atoms with Gasteiger partial charge >= 0.3 is 6.03 Å². The average molecular weight is 387 g/mol. The van der Waals surface area contributed by atoms with Gasteiger partial charge in [-0.25, -0.2) is 9.78 Å². The van der Waals surface area contributed by atoms with Crippen molar-refractivity contribution in [1.82, 2.24) is 26.1 Å². The van der Waals surface area contributed by atoms with Gasteiger partial charge in [0.15, 0.2) is 10.2 Å². The predicted octanol–water partition coefficient (Wildman–Crippen LogP) is 0.583. The summed E-state index contributed by atoms with van der Waals surface area (Å²) in [5, 5.41) is 6.15. The van der Waals surface area contributed by atoms with Gasteiger partial charge in [-0.2, -0.15) is 0 Å². The maximum atomic E-state index is 11.8. The first-order valence-electron chi connectivity index (χ1n) is 7.88. The molecule has 2 rings (SSSR count). The minimum atomic E-state index is -0.548. The van der Waals surface area contributed by atoms with Crippen LogP contribution in [0.5, 0.6) is 0 Å². The zero-order valence-corrected chi connectivity index (χ0v) is 16.0. The van der Waals surface area contributed by atoms with Crippen molar-refractivity contribution in [3.05, 3.63) is 10.6 Å². The summed E-state index contributed by atoms with van der Waals surface area (Å²) in [7, 11) is 1.55. The molecule has 1 atom stereocenters. The first kappa shape index (κ1) is 19.3. The average Bonchev–Trinajstić information content (AvgIpc) is 3.00. The molecule has 9 nitrogen and oxygen atoms in total. The molecule has 138 valence electrons. The Morgan fingerprint density at radius 1 is 1.44 bits per heavy atom. The van der Waals surface area contributed by atoms with Gasteiger partial charge in [0.2, 0.25) is 0 Å². The Balaban J connectivity index is 1.88. The van der Waals surface area contributed by atoms with Crippen LogP contribution in [-0.2, 0) is 22.5 Å². The standard InChI is InChI=1S/C14H22N6O3S2/c1-4-23-8(2)11(21)18-19-14(24)20-6-5-9-10(7-20)25-13(16-9)17-12(22)15-3/h8H,4-7H2,1-3H3,(H,18,21)(H,19,24)(H2,15,16,17,22)/t8-/m1/s1. The molecule has 0 saturated heterocycles. The molecule has 1 aliphatic rings. The van der Waals surface area contributed by atoms with E-state index in [9.17, 15) is 9.59 Å². The molecule has 3 amide bonds. The third-order valence-electron chi connectivity index (χ3n) is 3.54. The zero-order valence-electron chi connectivity index (χ0n) is 14.3. The fourth-order valence-electron chi connectivity index (χ4n) is 2.20. The number of thiocarbonyl (C=S) groups is 1. The third kappa shape index (κ3) is 5.25. The van der Waals surface area contributed by atoms with Crippen molar-refractivity contribution in [2.45, 2.75) is 32.9 Å². The Morgan fingerprint density at radius 2 is 2.20 bits per heavy atom. The van der Waals surface area contributed by atoms with Crippen LogP contribution in [-0.4, -0.2) is 53.2 Å². The molecule has 11 heteroatoms. The van der Waals surface area contributed by atoms with E-state index in [4.69, 9.17) is 17.0 Å². The van der Waals surface area contributed by atoms with Crippen LogP contribution in [0.25, 0.3) is 0 Å². The molecule has 1 aliphatic heterocycles. The highest BCUT2D eigenvalue weighted by Crippen LogP contribution is 2.28. The fourth-order valence-corrected chi connectivity index (χ4v) is 3.43. The number of nitrogens with one attached hydrogen (secondary N) is 4. The van der Waals surface area contributed by atoms with E-state index in [-0.39, 0.29) is 11.9 Å². The van der Waals surface area contributed by atoms with Crippen molar-refractivity contribution in [3.63, 3.8) is 0 Å². The van der Waals surface area contributed by atoms with Crippen molar-refractivity contribution >= 4 is 45.7 Å². The summed E-state index contributed by atoms with van der Waals surface area (Å²) in [4.78, 5) is 30.6. The van der Waals surface area contributed by atoms with Crippen molar-refractivity contribution < 1.29 is 14.3 Å². The molecule has 1 aromatic rings. The molecule has 1 aromatic heterocycles. The van der Waals surface area contributed by atoms with Gasteiger partial charge in [0.05, 0.1) is 12.2 Å². The maximum absolute atomic E-state index is 11.8. The van der Waals surface area contributed by atoms with E-state index in [1.165, 1.54) is 11.3 Å². The maximum Gasteiger partial charge on any atom is 0.320 e. The molecule has 0 bridgehead atoms. The number of carbonyl (C=O) groups is 2. The monoisotopic (exact) mass is 386 g/mol. The lowest BCUT2D eigenvalue weighted by Gasteiger charge is -2.28. The van der Waals surface area contributed by atoms with E-state index in [0.717, 1.165) is 10.6 Å². The summed E-state index contributed by atoms with van der Waals surface area (Å²) >= 11 is 6.75. The van der Waals surface area contributed by atoms with Crippen molar-refractivity contribution in [1.29, 1.82) is 0 Å². The zero-order chi connectivity index (χ0) is 18.4. The molecule has 4 N–H and O–H groups in total. The lowest BCUT2D eigenvalue weighted by atomic mass is 10.2. The highest BCUT2D eigenvalue weighted by Gasteiger charge is 2.23. The first-order valence-corrected chi connectivity index (χ1v) is 9.10. The SMILES string of the molecule is CCO[C@H](C)C(=O)NNC(=S)N1CCc2nc(NC(=O)NC)sc2C1. The number of hydrogen-bond acceptors (Lipinski definition) is 6. The van der Waals surface area contributed by atoms with Crippen molar-refractivity contribution in [2.24, 2.45) is 0 Å². The normalized spacial score (nSPS) is 14.3. The number of hydrogen-bond donors (Lipinski definition) is 4. The van der Waals surface area contributed by atoms with Crippen molar-refractivity contribution in [3.8, 4) is 0 Å². The Kier molecular flexibility index (Phi) is 6.91. The van der Waals surface area contributed by atoms with Gasteiger partial charge in [0.25, 0.3) is 5.91 Å². The molecule has 0 unspecified atom stereocenters.